The lowest BCUT2D eigenvalue weighted by atomic mass is 9.90. The van der Waals surface area contributed by atoms with Crippen molar-refractivity contribution in [2.75, 3.05) is 33.2 Å². The highest BCUT2D eigenvalue weighted by Crippen LogP contribution is 2.39. The molecule has 3 heteroatoms. The van der Waals surface area contributed by atoms with Gasteiger partial charge in [0.25, 0.3) is 0 Å². The topological polar surface area (TPSA) is 32.5 Å². The van der Waals surface area contributed by atoms with E-state index in [1.807, 2.05) is 0 Å². The first-order chi connectivity index (χ1) is 8.61. The van der Waals surface area contributed by atoms with Crippen LogP contribution in [0.3, 0.4) is 0 Å². The van der Waals surface area contributed by atoms with Gasteiger partial charge < -0.3 is 10.6 Å². The van der Waals surface area contributed by atoms with E-state index in [0.29, 0.717) is 5.54 Å². The molecule has 1 saturated carbocycles. The van der Waals surface area contributed by atoms with Crippen molar-refractivity contribution in [3.8, 4) is 0 Å². The van der Waals surface area contributed by atoms with Gasteiger partial charge in [-0.25, -0.2) is 0 Å². The summed E-state index contributed by atoms with van der Waals surface area (Å²) in [7, 11) is 2.33. The highest BCUT2D eigenvalue weighted by Gasteiger charge is 2.42. The maximum absolute atomic E-state index is 6.14. The van der Waals surface area contributed by atoms with Crippen LogP contribution in [0.5, 0.6) is 0 Å². The Morgan fingerprint density at radius 2 is 1.94 bits per heavy atom. The molecule has 2 unspecified atom stereocenters. The van der Waals surface area contributed by atoms with Crippen molar-refractivity contribution in [3.63, 3.8) is 0 Å². The number of nitrogens with two attached hydrogens (primary N) is 1. The summed E-state index contributed by atoms with van der Waals surface area (Å²) in [6.45, 7) is 9.22. The molecule has 3 nitrogen and oxygen atoms in total. The zero-order valence-corrected chi connectivity index (χ0v) is 12.5. The highest BCUT2D eigenvalue weighted by atomic mass is 15.2. The minimum Gasteiger partial charge on any atom is -0.329 e. The molecule has 106 valence electrons. The lowest BCUT2D eigenvalue weighted by Crippen LogP contribution is -2.56. The van der Waals surface area contributed by atoms with Gasteiger partial charge in [-0.1, -0.05) is 13.8 Å². The molecule has 0 bridgehead atoms. The van der Waals surface area contributed by atoms with Gasteiger partial charge in [-0.2, -0.15) is 0 Å². The molecule has 0 aromatic heterocycles. The molecule has 2 N–H and O–H groups in total. The molecular formula is C15H31N3. The van der Waals surface area contributed by atoms with Crippen molar-refractivity contribution >= 4 is 0 Å². The summed E-state index contributed by atoms with van der Waals surface area (Å²) in [5, 5.41) is 0. The Labute approximate surface area is 113 Å². The van der Waals surface area contributed by atoms with Crippen molar-refractivity contribution < 1.29 is 0 Å². The minimum absolute atomic E-state index is 0.304. The highest BCUT2D eigenvalue weighted by molar-refractivity contribution is 4.99. The second-order valence-electron chi connectivity index (χ2n) is 6.55. The molecule has 1 aliphatic heterocycles. The molecule has 0 radical (unpaired) electrons. The van der Waals surface area contributed by atoms with E-state index in [0.717, 1.165) is 18.5 Å². The maximum Gasteiger partial charge on any atom is 0.0334 e. The average molecular weight is 253 g/mol. The van der Waals surface area contributed by atoms with Gasteiger partial charge in [-0.05, 0) is 64.7 Å². The quantitative estimate of drug-likeness (QED) is 0.831. The van der Waals surface area contributed by atoms with E-state index < -0.39 is 0 Å². The Morgan fingerprint density at radius 3 is 2.39 bits per heavy atom. The van der Waals surface area contributed by atoms with Crippen LogP contribution in [0.1, 0.15) is 46.0 Å². The summed E-state index contributed by atoms with van der Waals surface area (Å²) in [5.41, 5.74) is 6.44. The Balaban J connectivity index is 1.96. The van der Waals surface area contributed by atoms with Gasteiger partial charge in [0.15, 0.2) is 0 Å². The zero-order chi connectivity index (χ0) is 13.2. The number of likely N-dealkylation sites (tertiary alicyclic amines) is 1. The van der Waals surface area contributed by atoms with E-state index in [1.54, 1.807) is 0 Å². The molecule has 0 amide bonds. The number of rotatable bonds is 4. The predicted octanol–water partition coefficient (Wildman–Crippen LogP) is 1.92. The van der Waals surface area contributed by atoms with Crippen LogP contribution in [0.25, 0.3) is 0 Å². The van der Waals surface area contributed by atoms with E-state index in [1.165, 1.54) is 51.7 Å². The van der Waals surface area contributed by atoms with E-state index in [-0.39, 0.29) is 0 Å². The Kier molecular flexibility index (Phi) is 4.68. The monoisotopic (exact) mass is 253 g/mol. The van der Waals surface area contributed by atoms with Crippen LogP contribution in [-0.4, -0.2) is 54.6 Å². The standard InChI is InChI=1S/C15H31N3/c1-4-18-9-6-14(7-10-18)17(3)15(12-16)8-5-13(2)11-15/h13-14H,4-12,16H2,1-3H3. The van der Waals surface area contributed by atoms with Gasteiger partial charge >= 0.3 is 0 Å². The first kappa shape index (κ1) is 14.3. The van der Waals surface area contributed by atoms with Crippen molar-refractivity contribution in [1.29, 1.82) is 0 Å². The van der Waals surface area contributed by atoms with Crippen LogP contribution in [0.2, 0.25) is 0 Å². The molecule has 18 heavy (non-hydrogen) atoms. The summed E-state index contributed by atoms with van der Waals surface area (Å²) < 4.78 is 0. The number of piperidine rings is 1. The Hall–Kier alpha value is -0.120. The smallest absolute Gasteiger partial charge is 0.0334 e. The van der Waals surface area contributed by atoms with Gasteiger partial charge in [-0.3, -0.25) is 4.90 Å². The lowest BCUT2D eigenvalue weighted by molar-refractivity contribution is 0.0411. The summed E-state index contributed by atoms with van der Waals surface area (Å²) in [5.74, 6) is 0.853. The fraction of sp³-hybridized carbons (Fsp3) is 1.00. The number of hydrogen-bond acceptors (Lipinski definition) is 3. The summed E-state index contributed by atoms with van der Waals surface area (Å²) in [6, 6.07) is 0.752. The third kappa shape index (κ3) is 2.73. The predicted molar refractivity (Wildman–Crippen MR) is 77.7 cm³/mol. The fourth-order valence-electron chi connectivity index (χ4n) is 4.03. The molecule has 1 aliphatic carbocycles. The zero-order valence-electron chi connectivity index (χ0n) is 12.5. The van der Waals surface area contributed by atoms with E-state index in [2.05, 4.69) is 30.7 Å². The van der Waals surface area contributed by atoms with Crippen LogP contribution in [0.15, 0.2) is 0 Å². The average Bonchev–Trinajstić information content (AvgIpc) is 2.81. The van der Waals surface area contributed by atoms with Crippen molar-refractivity contribution in [2.24, 2.45) is 11.7 Å². The molecule has 2 rings (SSSR count). The van der Waals surface area contributed by atoms with Gasteiger partial charge in [0.1, 0.15) is 0 Å². The molecule has 0 spiro atoms. The van der Waals surface area contributed by atoms with Crippen LogP contribution in [0.4, 0.5) is 0 Å². The van der Waals surface area contributed by atoms with Crippen molar-refractivity contribution in [1.82, 2.24) is 9.80 Å². The van der Waals surface area contributed by atoms with E-state index >= 15 is 0 Å². The van der Waals surface area contributed by atoms with Crippen molar-refractivity contribution in [3.05, 3.63) is 0 Å². The fourth-order valence-corrected chi connectivity index (χ4v) is 4.03. The third-order valence-electron chi connectivity index (χ3n) is 5.51. The number of hydrogen-bond donors (Lipinski definition) is 1. The van der Waals surface area contributed by atoms with Gasteiger partial charge in [0, 0.05) is 18.1 Å². The normalized spacial score (nSPS) is 35.5. The number of nitrogens with zero attached hydrogens (tertiary/aromatic N) is 2. The van der Waals surface area contributed by atoms with Gasteiger partial charge in [-0.15, -0.1) is 0 Å². The first-order valence-electron chi connectivity index (χ1n) is 7.76. The van der Waals surface area contributed by atoms with Gasteiger partial charge in [0.05, 0.1) is 0 Å². The second-order valence-corrected chi connectivity index (χ2v) is 6.55. The van der Waals surface area contributed by atoms with Crippen LogP contribution in [0, 0.1) is 5.92 Å². The number of likely N-dealkylation sites (N-methyl/N-ethyl adjacent to an activating group) is 1. The van der Waals surface area contributed by atoms with Crippen molar-refractivity contribution in [2.45, 2.75) is 57.5 Å². The Bertz CT molecular complexity index is 260. The molecule has 0 aromatic carbocycles. The molecule has 1 saturated heterocycles. The molecule has 2 atom stereocenters. The van der Waals surface area contributed by atoms with Crippen LogP contribution < -0.4 is 5.73 Å². The molecule has 1 heterocycles. The summed E-state index contributed by atoms with van der Waals surface area (Å²) >= 11 is 0. The van der Waals surface area contributed by atoms with E-state index in [9.17, 15) is 0 Å². The molecule has 2 aliphatic rings. The third-order valence-corrected chi connectivity index (χ3v) is 5.51. The Morgan fingerprint density at radius 1 is 1.28 bits per heavy atom. The summed E-state index contributed by atoms with van der Waals surface area (Å²) in [4.78, 5) is 5.22. The van der Waals surface area contributed by atoms with Crippen LogP contribution in [-0.2, 0) is 0 Å². The second kappa shape index (κ2) is 5.89. The molecule has 2 fully saturated rings. The van der Waals surface area contributed by atoms with E-state index in [4.69, 9.17) is 5.73 Å². The summed E-state index contributed by atoms with van der Waals surface area (Å²) in [6.07, 6.45) is 6.60. The molecular weight excluding hydrogens is 222 g/mol. The molecule has 0 aromatic rings. The maximum atomic E-state index is 6.14. The largest absolute Gasteiger partial charge is 0.329 e. The lowest BCUT2D eigenvalue weighted by Gasteiger charge is -2.46. The van der Waals surface area contributed by atoms with Gasteiger partial charge in [0.2, 0.25) is 0 Å². The SMILES string of the molecule is CCN1CCC(N(C)C2(CN)CCC(C)C2)CC1. The minimum atomic E-state index is 0.304. The van der Waals surface area contributed by atoms with Crippen LogP contribution >= 0.6 is 0 Å². The first-order valence-corrected chi connectivity index (χ1v) is 7.76.